The van der Waals surface area contributed by atoms with Crippen LogP contribution in [0, 0.1) is 0 Å². The van der Waals surface area contributed by atoms with Crippen LogP contribution in [0.15, 0.2) is 60.1 Å². The minimum absolute atomic E-state index is 0.361. The molecule has 3 aromatic rings. The van der Waals surface area contributed by atoms with E-state index in [1.165, 1.54) is 11.3 Å². The van der Waals surface area contributed by atoms with E-state index in [1.807, 2.05) is 29.7 Å². The lowest BCUT2D eigenvalue weighted by atomic mass is 10.2. The van der Waals surface area contributed by atoms with Crippen molar-refractivity contribution in [3.8, 4) is 5.75 Å². The molecule has 0 atom stereocenters. The number of aromatic nitrogens is 1. The van der Waals surface area contributed by atoms with Gasteiger partial charge in [-0.05, 0) is 37.3 Å². The lowest BCUT2D eigenvalue weighted by molar-refractivity contribution is 0.0998. The van der Waals surface area contributed by atoms with Crippen LogP contribution in [0.25, 0.3) is 10.2 Å². The van der Waals surface area contributed by atoms with E-state index in [-0.39, 0.29) is 5.91 Å². The lowest BCUT2D eigenvalue weighted by Gasteiger charge is -2.04. The number of allylic oxidation sites excluding steroid dienone is 1. The topological polar surface area (TPSA) is 43.6 Å². The summed E-state index contributed by atoms with van der Waals surface area (Å²) in [5.41, 5.74) is 1.38. The molecule has 0 spiro atoms. The Bertz CT molecular complexity index is 1000. The van der Waals surface area contributed by atoms with Crippen molar-refractivity contribution in [3.05, 3.63) is 70.5 Å². The van der Waals surface area contributed by atoms with E-state index >= 15 is 0 Å². The zero-order valence-electron chi connectivity index (χ0n) is 13.7. The van der Waals surface area contributed by atoms with E-state index < -0.39 is 0 Å². The molecule has 0 aliphatic carbocycles. The number of rotatable bonds is 5. The maximum atomic E-state index is 12.5. The molecular weight excluding hydrogens is 356 g/mol. The number of thiazole rings is 1. The number of ether oxygens (including phenoxy) is 1. The molecule has 0 aliphatic heterocycles. The average Bonchev–Trinajstić information content (AvgIpc) is 2.92. The highest BCUT2D eigenvalue weighted by Crippen LogP contribution is 2.24. The van der Waals surface area contributed by atoms with Crippen LogP contribution in [-0.2, 0) is 6.54 Å². The van der Waals surface area contributed by atoms with E-state index in [0.717, 1.165) is 16.0 Å². The van der Waals surface area contributed by atoms with Crippen LogP contribution >= 0.6 is 22.9 Å². The van der Waals surface area contributed by atoms with Crippen molar-refractivity contribution in [2.45, 2.75) is 13.5 Å². The fraction of sp³-hybridized carbons (Fsp3) is 0.158. The molecule has 0 saturated carbocycles. The number of carbonyl (C=O) groups excluding carboxylic acids is 1. The number of hydrogen-bond acceptors (Lipinski definition) is 3. The zero-order valence-corrected chi connectivity index (χ0v) is 15.3. The molecular formula is C19H17ClN2O2S. The first-order chi connectivity index (χ1) is 12.1. The largest absolute Gasteiger partial charge is 0.494 e. The summed E-state index contributed by atoms with van der Waals surface area (Å²) in [7, 11) is 0. The fourth-order valence-electron chi connectivity index (χ4n) is 2.48. The monoisotopic (exact) mass is 372 g/mol. The highest BCUT2D eigenvalue weighted by molar-refractivity contribution is 7.16. The van der Waals surface area contributed by atoms with Crippen LogP contribution in [0.4, 0.5) is 0 Å². The van der Waals surface area contributed by atoms with Crippen molar-refractivity contribution in [1.82, 2.24) is 4.57 Å². The fourth-order valence-corrected chi connectivity index (χ4v) is 3.77. The predicted octanol–water partition coefficient (Wildman–Crippen LogP) is 4.68. The second-order valence-electron chi connectivity index (χ2n) is 5.24. The second kappa shape index (κ2) is 7.68. The second-order valence-corrected chi connectivity index (χ2v) is 6.66. The first kappa shape index (κ1) is 17.5. The number of halogens is 1. The van der Waals surface area contributed by atoms with Gasteiger partial charge in [0, 0.05) is 6.54 Å². The lowest BCUT2D eigenvalue weighted by Crippen LogP contribution is -2.16. The molecule has 1 amide bonds. The summed E-state index contributed by atoms with van der Waals surface area (Å²) in [5, 5.41) is 0.395. The van der Waals surface area contributed by atoms with Gasteiger partial charge in [-0.15, -0.1) is 6.58 Å². The van der Waals surface area contributed by atoms with Crippen molar-refractivity contribution in [3.63, 3.8) is 0 Å². The SMILES string of the molecule is C=CCn1c(=NC(=O)c2ccccc2Cl)sc2cc(OCC)ccc21. The van der Waals surface area contributed by atoms with E-state index in [2.05, 4.69) is 11.6 Å². The van der Waals surface area contributed by atoms with Crippen molar-refractivity contribution in [2.75, 3.05) is 6.61 Å². The van der Waals surface area contributed by atoms with Gasteiger partial charge in [-0.25, -0.2) is 0 Å². The van der Waals surface area contributed by atoms with Gasteiger partial charge in [-0.2, -0.15) is 4.99 Å². The highest BCUT2D eigenvalue weighted by atomic mass is 35.5. The quantitative estimate of drug-likeness (QED) is 0.610. The molecule has 0 saturated heterocycles. The summed E-state index contributed by atoms with van der Waals surface area (Å²) in [5.74, 6) is 0.436. The van der Waals surface area contributed by atoms with Gasteiger partial charge < -0.3 is 9.30 Å². The molecule has 0 bridgehead atoms. The van der Waals surface area contributed by atoms with Crippen LogP contribution in [-0.4, -0.2) is 17.1 Å². The number of benzene rings is 2. The van der Waals surface area contributed by atoms with Crippen molar-refractivity contribution >= 4 is 39.1 Å². The van der Waals surface area contributed by atoms with Gasteiger partial charge in [-0.3, -0.25) is 4.79 Å². The minimum Gasteiger partial charge on any atom is -0.494 e. The number of carbonyl (C=O) groups is 1. The van der Waals surface area contributed by atoms with Crippen molar-refractivity contribution in [1.29, 1.82) is 0 Å². The number of amides is 1. The molecule has 3 rings (SSSR count). The Hall–Kier alpha value is -2.37. The molecule has 0 unspecified atom stereocenters. The smallest absolute Gasteiger partial charge is 0.281 e. The Labute approximate surface area is 154 Å². The number of fused-ring (bicyclic) bond motifs is 1. The third-order valence-corrected chi connectivity index (χ3v) is 4.95. The Balaban J connectivity index is 2.13. The number of nitrogens with zero attached hydrogens (tertiary/aromatic N) is 2. The van der Waals surface area contributed by atoms with E-state index in [1.54, 1.807) is 30.3 Å². The summed E-state index contributed by atoms with van der Waals surface area (Å²) in [6, 6.07) is 12.8. The van der Waals surface area contributed by atoms with Gasteiger partial charge in [-0.1, -0.05) is 41.1 Å². The molecule has 1 heterocycles. The molecule has 25 heavy (non-hydrogen) atoms. The average molecular weight is 373 g/mol. The first-order valence-electron chi connectivity index (χ1n) is 7.84. The zero-order chi connectivity index (χ0) is 17.8. The Morgan fingerprint density at radius 1 is 1.36 bits per heavy atom. The van der Waals surface area contributed by atoms with Crippen LogP contribution < -0.4 is 9.54 Å². The van der Waals surface area contributed by atoms with Crippen LogP contribution in [0.5, 0.6) is 5.75 Å². The van der Waals surface area contributed by atoms with E-state index in [0.29, 0.717) is 28.5 Å². The highest BCUT2D eigenvalue weighted by Gasteiger charge is 2.11. The molecule has 0 aliphatic rings. The maximum Gasteiger partial charge on any atom is 0.281 e. The molecule has 0 radical (unpaired) electrons. The Morgan fingerprint density at radius 2 is 2.16 bits per heavy atom. The molecule has 0 N–H and O–H groups in total. The normalized spacial score (nSPS) is 11.7. The van der Waals surface area contributed by atoms with Gasteiger partial charge >= 0.3 is 0 Å². The summed E-state index contributed by atoms with van der Waals surface area (Å²) >= 11 is 7.54. The van der Waals surface area contributed by atoms with Crippen molar-refractivity contribution < 1.29 is 9.53 Å². The summed E-state index contributed by atoms with van der Waals surface area (Å²) in [4.78, 5) is 17.4. The molecule has 128 valence electrons. The first-order valence-corrected chi connectivity index (χ1v) is 9.04. The molecule has 2 aromatic carbocycles. The van der Waals surface area contributed by atoms with Gasteiger partial charge in [0.15, 0.2) is 4.80 Å². The predicted molar refractivity (Wildman–Crippen MR) is 103 cm³/mol. The summed E-state index contributed by atoms with van der Waals surface area (Å²) in [6.45, 7) is 6.90. The molecule has 0 fully saturated rings. The van der Waals surface area contributed by atoms with Gasteiger partial charge in [0.2, 0.25) is 0 Å². The number of hydrogen-bond donors (Lipinski definition) is 0. The Kier molecular flexibility index (Phi) is 5.36. The van der Waals surface area contributed by atoms with Gasteiger partial charge in [0.05, 0.1) is 27.4 Å². The van der Waals surface area contributed by atoms with Crippen molar-refractivity contribution in [2.24, 2.45) is 4.99 Å². The Morgan fingerprint density at radius 3 is 2.88 bits per heavy atom. The molecule has 6 heteroatoms. The third kappa shape index (κ3) is 3.67. The van der Waals surface area contributed by atoms with E-state index in [4.69, 9.17) is 16.3 Å². The minimum atomic E-state index is -0.361. The summed E-state index contributed by atoms with van der Waals surface area (Å²) in [6.07, 6.45) is 1.78. The maximum absolute atomic E-state index is 12.5. The standard InChI is InChI=1S/C19H17ClN2O2S/c1-3-11-22-16-10-9-13(24-4-2)12-17(16)25-19(22)21-18(23)14-7-5-6-8-15(14)20/h3,5-10,12H,1,4,11H2,2H3. The molecule has 4 nitrogen and oxygen atoms in total. The van der Waals surface area contributed by atoms with Gasteiger partial charge in [0.1, 0.15) is 5.75 Å². The van der Waals surface area contributed by atoms with E-state index in [9.17, 15) is 4.79 Å². The third-order valence-electron chi connectivity index (χ3n) is 3.58. The van der Waals surface area contributed by atoms with Gasteiger partial charge in [0.25, 0.3) is 5.91 Å². The van der Waals surface area contributed by atoms with Crippen LogP contribution in [0.2, 0.25) is 5.02 Å². The van der Waals surface area contributed by atoms with Crippen LogP contribution in [0.3, 0.4) is 0 Å². The summed E-state index contributed by atoms with van der Waals surface area (Å²) < 4.78 is 8.51. The molecule has 1 aromatic heterocycles. The van der Waals surface area contributed by atoms with Crippen LogP contribution in [0.1, 0.15) is 17.3 Å².